The Balaban J connectivity index is 0.714. The Hall–Kier alpha value is -6.68. The number of methoxy groups -OCH3 is 1. The van der Waals surface area contributed by atoms with Crippen molar-refractivity contribution in [2.45, 2.75) is 51.7 Å². The summed E-state index contributed by atoms with van der Waals surface area (Å²) in [6.07, 6.45) is 1.52. The predicted octanol–water partition coefficient (Wildman–Crippen LogP) is 8.99. The van der Waals surface area contributed by atoms with Crippen LogP contribution in [0.3, 0.4) is 0 Å². The highest BCUT2D eigenvalue weighted by Gasteiger charge is 2.25. The molecule has 0 spiro atoms. The Kier molecular flexibility index (Phi) is 20.5. The zero-order chi connectivity index (χ0) is 48.6. The van der Waals surface area contributed by atoms with Crippen LogP contribution in [-0.2, 0) is 45.3 Å². The lowest BCUT2D eigenvalue weighted by Crippen LogP contribution is -2.40. The van der Waals surface area contributed by atoms with Crippen molar-refractivity contribution in [1.82, 2.24) is 20.5 Å². The first-order chi connectivity index (χ1) is 34.4. The molecule has 14 heteroatoms. The number of para-hydroxylation sites is 1. The van der Waals surface area contributed by atoms with Gasteiger partial charge in [0.25, 0.3) is 0 Å². The first-order valence-corrected chi connectivity index (χ1v) is 24.1. The number of carbonyl (C=O) groups is 1. The van der Waals surface area contributed by atoms with Crippen LogP contribution >= 0.6 is 0 Å². The summed E-state index contributed by atoms with van der Waals surface area (Å²) in [5.41, 5.74) is 7.64. The fraction of sp³-hybridized carbons (Fsp3) is 0.357. The zero-order valence-corrected chi connectivity index (χ0v) is 40.7. The van der Waals surface area contributed by atoms with Gasteiger partial charge in [-0.15, -0.1) is 0 Å². The molecule has 0 saturated heterocycles. The number of amides is 1. The van der Waals surface area contributed by atoms with Gasteiger partial charge in [-0.25, -0.2) is 4.98 Å². The summed E-state index contributed by atoms with van der Waals surface area (Å²) < 4.78 is 47.7. The highest BCUT2D eigenvalue weighted by atomic mass is 16.6. The molecule has 5 aromatic carbocycles. The molecule has 3 N–H and O–H groups in total. The minimum atomic E-state index is -0.359. The Labute approximate surface area is 412 Å². The molecule has 1 aromatic heterocycles. The van der Waals surface area contributed by atoms with Crippen LogP contribution in [0, 0.1) is 0 Å². The van der Waals surface area contributed by atoms with Gasteiger partial charge in [0.15, 0.2) is 23.0 Å². The number of carbonyl (C=O) groups excluding carboxylic acids is 1. The van der Waals surface area contributed by atoms with Crippen molar-refractivity contribution in [1.29, 1.82) is 0 Å². The zero-order valence-electron chi connectivity index (χ0n) is 40.7. The maximum atomic E-state index is 12.7. The molecular formula is C56H67N5O9. The highest BCUT2D eigenvalue weighted by Crippen LogP contribution is 2.42. The van der Waals surface area contributed by atoms with Crippen LogP contribution in [0.15, 0.2) is 133 Å². The number of fused-ring (bicyclic) bond motifs is 1. The summed E-state index contributed by atoms with van der Waals surface area (Å²) in [5.74, 6) is 3.05. The molecule has 6 aromatic rings. The standard InChI is InChI=1S/C56H67N5O9/c1-61(2)38-42-20-23-46(24-21-42)59-50-26-25-49(60-56(50)63-3)48-17-12-18-52-55(48)70-47(41-69-52)37-58-54(62)19-10-11-29-64-31-33-66-34-32-65-30-28-57-36-45-22-27-51(67-39-43-13-6-4-7-14-43)53(35-45)68-40-44-15-8-5-9-16-44/h4-9,12-18,20-27,35,47,57,59H,10-11,19,28-34,36-41H2,1-3H3,(H,58,62). The normalized spacial score (nSPS) is 12.9. The van der Waals surface area contributed by atoms with Gasteiger partial charge in [0, 0.05) is 43.9 Å². The number of pyridine rings is 1. The van der Waals surface area contributed by atoms with Crippen molar-refractivity contribution in [2.75, 3.05) is 85.9 Å². The van der Waals surface area contributed by atoms with E-state index in [0.717, 1.165) is 46.6 Å². The fourth-order valence-corrected chi connectivity index (χ4v) is 7.58. The Morgan fingerprint density at radius 3 is 2.10 bits per heavy atom. The van der Waals surface area contributed by atoms with Crippen molar-refractivity contribution in [3.8, 4) is 40.1 Å². The summed E-state index contributed by atoms with van der Waals surface area (Å²) in [6, 6.07) is 44.2. The van der Waals surface area contributed by atoms with Crippen LogP contribution in [0.2, 0.25) is 0 Å². The number of rotatable bonds is 30. The van der Waals surface area contributed by atoms with Gasteiger partial charge < -0.3 is 58.7 Å². The summed E-state index contributed by atoms with van der Waals surface area (Å²) in [6.45, 7) is 6.87. The largest absolute Gasteiger partial charge is 0.486 e. The first-order valence-electron chi connectivity index (χ1n) is 24.1. The molecule has 0 saturated carbocycles. The van der Waals surface area contributed by atoms with E-state index in [9.17, 15) is 4.79 Å². The second-order valence-electron chi connectivity index (χ2n) is 17.1. The van der Waals surface area contributed by atoms with Gasteiger partial charge in [-0.05, 0) is 97.7 Å². The minimum Gasteiger partial charge on any atom is -0.486 e. The number of aromatic nitrogens is 1. The Bertz CT molecular complexity index is 2480. The summed E-state index contributed by atoms with van der Waals surface area (Å²) in [7, 11) is 5.71. The second kappa shape index (κ2) is 28.1. The molecule has 70 heavy (non-hydrogen) atoms. The highest BCUT2D eigenvalue weighted by molar-refractivity contribution is 5.76. The summed E-state index contributed by atoms with van der Waals surface area (Å²) >= 11 is 0. The molecule has 0 aliphatic carbocycles. The van der Waals surface area contributed by atoms with Crippen molar-refractivity contribution >= 4 is 17.3 Å². The lowest BCUT2D eigenvalue weighted by Gasteiger charge is -2.28. The van der Waals surface area contributed by atoms with Crippen LogP contribution in [0.4, 0.5) is 11.4 Å². The fourth-order valence-electron chi connectivity index (χ4n) is 7.58. The van der Waals surface area contributed by atoms with Gasteiger partial charge in [-0.2, -0.15) is 0 Å². The van der Waals surface area contributed by atoms with E-state index < -0.39 is 0 Å². The van der Waals surface area contributed by atoms with E-state index in [1.807, 2.05) is 115 Å². The quantitative estimate of drug-likeness (QED) is 0.0370. The van der Waals surface area contributed by atoms with E-state index in [0.29, 0.717) is 127 Å². The molecule has 0 fully saturated rings. The SMILES string of the molecule is COc1nc(-c2cccc3c2OC(CNC(=O)CCCCOCCOCCOCCNCc2ccc(OCc4ccccc4)c(OCc4ccccc4)c2)CO3)ccc1Nc1ccc(CN(C)C)cc1. The van der Waals surface area contributed by atoms with E-state index in [2.05, 4.69) is 53.1 Å². The van der Waals surface area contributed by atoms with Crippen molar-refractivity contribution in [3.63, 3.8) is 0 Å². The van der Waals surface area contributed by atoms with E-state index in [-0.39, 0.29) is 12.0 Å². The summed E-state index contributed by atoms with van der Waals surface area (Å²) in [4.78, 5) is 19.7. The number of unbranched alkanes of at least 4 members (excludes halogenated alkanes) is 1. The molecule has 1 aliphatic heterocycles. The molecule has 1 amide bonds. The van der Waals surface area contributed by atoms with Crippen LogP contribution in [0.5, 0.6) is 28.9 Å². The average Bonchev–Trinajstić information content (AvgIpc) is 3.39. The molecule has 7 rings (SSSR count). The van der Waals surface area contributed by atoms with Crippen molar-refractivity contribution in [2.24, 2.45) is 0 Å². The molecule has 2 heterocycles. The number of anilines is 2. The Morgan fingerprint density at radius 2 is 1.39 bits per heavy atom. The number of nitrogens with zero attached hydrogens (tertiary/aromatic N) is 2. The van der Waals surface area contributed by atoms with Crippen molar-refractivity contribution in [3.05, 3.63) is 156 Å². The smallest absolute Gasteiger partial charge is 0.238 e. The van der Waals surface area contributed by atoms with Gasteiger partial charge in [-0.1, -0.05) is 84.9 Å². The van der Waals surface area contributed by atoms with Crippen LogP contribution in [-0.4, -0.2) is 102 Å². The number of ether oxygens (including phenoxy) is 8. The molecule has 0 bridgehead atoms. The maximum absolute atomic E-state index is 12.7. The topological polar surface area (TPSA) is 143 Å². The molecule has 1 aliphatic rings. The number of hydrogen-bond acceptors (Lipinski definition) is 13. The van der Waals surface area contributed by atoms with Crippen LogP contribution in [0.1, 0.15) is 41.5 Å². The van der Waals surface area contributed by atoms with Gasteiger partial charge in [-0.3, -0.25) is 4.79 Å². The van der Waals surface area contributed by atoms with Crippen LogP contribution in [0.25, 0.3) is 11.3 Å². The first kappa shape index (κ1) is 51.2. The minimum absolute atomic E-state index is 0.0415. The number of hydrogen-bond donors (Lipinski definition) is 3. The van der Waals surface area contributed by atoms with Gasteiger partial charge in [0.1, 0.15) is 31.6 Å². The van der Waals surface area contributed by atoms with E-state index in [1.54, 1.807) is 7.11 Å². The number of benzene rings is 5. The molecule has 1 atom stereocenters. The van der Waals surface area contributed by atoms with E-state index in [1.165, 1.54) is 5.56 Å². The molecule has 1 unspecified atom stereocenters. The molecule has 14 nitrogen and oxygen atoms in total. The molecule has 370 valence electrons. The third-order valence-electron chi connectivity index (χ3n) is 11.2. The molecular weight excluding hydrogens is 887 g/mol. The lowest BCUT2D eigenvalue weighted by atomic mass is 10.1. The van der Waals surface area contributed by atoms with Crippen molar-refractivity contribution < 1.29 is 42.7 Å². The van der Waals surface area contributed by atoms with E-state index >= 15 is 0 Å². The third-order valence-corrected chi connectivity index (χ3v) is 11.2. The van der Waals surface area contributed by atoms with Crippen LogP contribution < -0.4 is 39.6 Å². The van der Waals surface area contributed by atoms with Gasteiger partial charge >= 0.3 is 0 Å². The lowest BCUT2D eigenvalue weighted by molar-refractivity contribution is -0.121. The third kappa shape index (κ3) is 16.8. The monoisotopic (exact) mass is 953 g/mol. The average molecular weight is 954 g/mol. The van der Waals surface area contributed by atoms with E-state index in [4.69, 9.17) is 42.9 Å². The summed E-state index contributed by atoms with van der Waals surface area (Å²) in [5, 5.41) is 9.86. The second-order valence-corrected chi connectivity index (χ2v) is 17.1. The van der Waals surface area contributed by atoms with Gasteiger partial charge in [0.2, 0.25) is 11.8 Å². The molecule has 0 radical (unpaired) electrons. The number of nitrogens with one attached hydrogen (secondary N) is 3. The van der Waals surface area contributed by atoms with Gasteiger partial charge in [0.05, 0.1) is 52.4 Å². The maximum Gasteiger partial charge on any atom is 0.238 e. The predicted molar refractivity (Wildman–Crippen MR) is 272 cm³/mol. The Morgan fingerprint density at radius 1 is 0.700 bits per heavy atom.